The van der Waals surface area contributed by atoms with Crippen molar-refractivity contribution in [1.29, 1.82) is 0 Å². The van der Waals surface area contributed by atoms with E-state index < -0.39 is 0 Å². The molecule has 0 saturated heterocycles. The number of likely N-dealkylation sites (N-methyl/N-ethyl adjacent to an activating group) is 1. The van der Waals surface area contributed by atoms with Crippen molar-refractivity contribution in [1.82, 2.24) is 20.1 Å². The van der Waals surface area contributed by atoms with Crippen LogP contribution in [-0.2, 0) is 13.0 Å². The third-order valence-electron chi connectivity index (χ3n) is 3.29. The molecule has 0 aliphatic carbocycles. The van der Waals surface area contributed by atoms with Crippen LogP contribution in [0.25, 0.3) is 0 Å². The minimum Gasteiger partial charge on any atom is -0.309 e. The van der Waals surface area contributed by atoms with Crippen LogP contribution in [0, 0.1) is 12.8 Å². The molecule has 20 heavy (non-hydrogen) atoms. The van der Waals surface area contributed by atoms with E-state index >= 15 is 0 Å². The summed E-state index contributed by atoms with van der Waals surface area (Å²) < 4.78 is 2.04. The van der Waals surface area contributed by atoms with Crippen LogP contribution in [0.2, 0.25) is 0 Å². The molecule has 2 aromatic heterocycles. The van der Waals surface area contributed by atoms with Crippen molar-refractivity contribution < 1.29 is 0 Å². The molecule has 0 aliphatic heterocycles. The fraction of sp³-hybridized carbons (Fsp3) is 0.600. The molecule has 2 aromatic rings. The first kappa shape index (κ1) is 15.2. The second-order valence-electron chi connectivity index (χ2n) is 5.53. The molecule has 0 aliphatic rings. The summed E-state index contributed by atoms with van der Waals surface area (Å²) in [6.07, 6.45) is 2.56. The predicted molar refractivity (Wildman–Crippen MR) is 84.0 cm³/mol. The van der Waals surface area contributed by atoms with Crippen LogP contribution < -0.4 is 5.32 Å². The lowest BCUT2D eigenvalue weighted by Gasteiger charge is -2.18. The van der Waals surface area contributed by atoms with Gasteiger partial charge in [0.2, 0.25) is 0 Å². The number of hydrogen-bond acceptors (Lipinski definition) is 4. The minimum absolute atomic E-state index is 0.329. The number of hydrogen-bond donors (Lipinski definition) is 1. The van der Waals surface area contributed by atoms with E-state index in [0.29, 0.717) is 12.0 Å². The van der Waals surface area contributed by atoms with Gasteiger partial charge in [0.05, 0.1) is 0 Å². The molecule has 0 amide bonds. The Bertz CT molecular complexity index is 529. The number of rotatable bonds is 7. The maximum Gasteiger partial charge on any atom is 0.138 e. The maximum atomic E-state index is 4.45. The van der Waals surface area contributed by atoms with Gasteiger partial charge in [-0.05, 0) is 36.4 Å². The largest absolute Gasteiger partial charge is 0.309 e. The van der Waals surface area contributed by atoms with Gasteiger partial charge in [-0.3, -0.25) is 0 Å². The summed E-state index contributed by atoms with van der Waals surface area (Å²) in [5.41, 5.74) is 1.36. The molecule has 0 spiro atoms. The van der Waals surface area contributed by atoms with Gasteiger partial charge < -0.3 is 5.32 Å². The molecule has 1 N–H and O–H groups in total. The standard InChI is InChI=1S/C15H24N4S/c1-5-16-13(15-12(4)6-7-20-15)8-14-17-10-18-19(14)9-11(2)3/h6-7,10-11,13,16H,5,8-9H2,1-4H3. The van der Waals surface area contributed by atoms with Crippen LogP contribution in [0.5, 0.6) is 0 Å². The van der Waals surface area contributed by atoms with Crippen LogP contribution in [0.4, 0.5) is 0 Å². The van der Waals surface area contributed by atoms with Crippen molar-refractivity contribution in [3.8, 4) is 0 Å². The second-order valence-corrected chi connectivity index (χ2v) is 6.48. The summed E-state index contributed by atoms with van der Waals surface area (Å²) in [7, 11) is 0. The van der Waals surface area contributed by atoms with Crippen molar-refractivity contribution in [2.24, 2.45) is 5.92 Å². The molecule has 1 atom stereocenters. The smallest absolute Gasteiger partial charge is 0.138 e. The van der Waals surface area contributed by atoms with E-state index in [1.54, 1.807) is 6.33 Å². The highest BCUT2D eigenvalue weighted by Gasteiger charge is 2.18. The van der Waals surface area contributed by atoms with Gasteiger partial charge in [-0.25, -0.2) is 9.67 Å². The summed E-state index contributed by atoms with van der Waals surface area (Å²) >= 11 is 1.82. The van der Waals surface area contributed by atoms with Crippen molar-refractivity contribution in [2.75, 3.05) is 6.54 Å². The number of nitrogens with zero attached hydrogens (tertiary/aromatic N) is 3. The average molecular weight is 292 g/mol. The number of aryl methyl sites for hydroxylation is 1. The van der Waals surface area contributed by atoms with Crippen LogP contribution in [0.15, 0.2) is 17.8 Å². The Kier molecular flexibility index (Phi) is 5.31. The molecule has 0 bridgehead atoms. The monoisotopic (exact) mass is 292 g/mol. The Balaban J connectivity index is 2.17. The number of aromatic nitrogens is 3. The summed E-state index contributed by atoms with van der Waals surface area (Å²) in [6.45, 7) is 10.6. The Labute approximate surface area is 125 Å². The van der Waals surface area contributed by atoms with Gasteiger partial charge in [-0.15, -0.1) is 11.3 Å². The van der Waals surface area contributed by atoms with Gasteiger partial charge in [-0.2, -0.15) is 5.10 Å². The molecule has 0 fully saturated rings. The number of nitrogens with one attached hydrogen (secondary N) is 1. The van der Waals surface area contributed by atoms with Gasteiger partial charge in [-0.1, -0.05) is 20.8 Å². The lowest BCUT2D eigenvalue weighted by Crippen LogP contribution is -2.24. The highest BCUT2D eigenvalue weighted by atomic mass is 32.1. The molecule has 1 unspecified atom stereocenters. The fourth-order valence-corrected chi connectivity index (χ4v) is 3.38. The van der Waals surface area contributed by atoms with E-state index in [1.165, 1.54) is 10.4 Å². The molecule has 110 valence electrons. The fourth-order valence-electron chi connectivity index (χ4n) is 2.37. The van der Waals surface area contributed by atoms with E-state index in [1.807, 2.05) is 16.0 Å². The highest BCUT2D eigenvalue weighted by molar-refractivity contribution is 7.10. The highest BCUT2D eigenvalue weighted by Crippen LogP contribution is 2.26. The van der Waals surface area contributed by atoms with Crippen molar-refractivity contribution in [3.05, 3.63) is 34.0 Å². The minimum atomic E-state index is 0.329. The molecule has 0 aromatic carbocycles. The van der Waals surface area contributed by atoms with Crippen molar-refractivity contribution in [3.63, 3.8) is 0 Å². The quantitative estimate of drug-likeness (QED) is 0.852. The molecule has 2 rings (SSSR count). The lowest BCUT2D eigenvalue weighted by molar-refractivity contribution is 0.448. The molecule has 4 nitrogen and oxygen atoms in total. The van der Waals surface area contributed by atoms with Crippen LogP contribution in [0.3, 0.4) is 0 Å². The number of thiophene rings is 1. The maximum absolute atomic E-state index is 4.45. The summed E-state index contributed by atoms with van der Waals surface area (Å²) in [4.78, 5) is 5.86. The Hall–Kier alpha value is -1.20. The first-order chi connectivity index (χ1) is 9.61. The Morgan fingerprint density at radius 2 is 2.20 bits per heavy atom. The zero-order valence-electron chi connectivity index (χ0n) is 12.8. The van der Waals surface area contributed by atoms with Crippen molar-refractivity contribution in [2.45, 2.75) is 46.7 Å². The van der Waals surface area contributed by atoms with Crippen LogP contribution in [-0.4, -0.2) is 21.3 Å². The molecular formula is C15H24N4S. The van der Waals surface area contributed by atoms with E-state index in [4.69, 9.17) is 0 Å². The van der Waals surface area contributed by atoms with Crippen molar-refractivity contribution >= 4 is 11.3 Å². The molecule has 0 radical (unpaired) electrons. The average Bonchev–Trinajstić information content (AvgIpc) is 2.98. The first-order valence-corrected chi connectivity index (χ1v) is 8.13. The topological polar surface area (TPSA) is 42.7 Å². The zero-order valence-corrected chi connectivity index (χ0v) is 13.6. The zero-order chi connectivity index (χ0) is 14.5. The van der Waals surface area contributed by atoms with Gasteiger partial charge in [0, 0.05) is 23.9 Å². The van der Waals surface area contributed by atoms with E-state index in [-0.39, 0.29) is 0 Å². The van der Waals surface area contributed by atoms with Gasteiger partial charge in [0.1, 0.15) is 12.2 Å². The van der Waals surface area contributed by atoms with Crippen LogP contribution >= 0.6 is 11.3 Å². The summed E-state index contributed by atoms with van der Waals surface area (Å²) in [6, 6.07) is 2.51. The molecule has 5 heteroatoms. The SMILES string of the molecule is CCNC(Cc1ncnn1CC(C)C)c1sccc1C. The van der Waals surface area contributed by atoms with Gasteiger partial charge in [0.15, 0.2) is 0 Å². The van der Waals surface area contributed by atoms with E-state index in [9.17, 15) is 0 Å². The predicted octanol–water partition coefficient (Wildman–Crippen LogP) is 3.20. The summed E-state index contributed by atoms with van der Waals surface area (Å²) in [5, 5.41) is 10.1. The van der Waals surface area contributed by atoms with Gasteiger partial charge in [0.25, 0.3) is 0 Å². The first-order valence-electron chi connectivity index (χ1n) is 7.25. The molecular weight excluding hydrogens is 268 g/mol. The Morgan fingerprint density at radius 1 is 1.40 bits per heavy atom. The third-order valence-corrected chi connectivity index (χ3v) is 4.42. The molecule has 2 heterocycles. The van der Waals surface area contributed by atoms with Crippen LogP contribution in [0.1, 0.15) is 43.1 Å². The summed E-state index contributed by atoms with van der Waals surface area (Å²) in [5.74, 6) is 1.65. The second kappa shape index (κ2) is 6.99. The normalized spacial score (nSPS) is 13.1. The van der Waals surface area contributed by atoms with E-state index in [2.05, 4.69) is 54.5 Å². The Morgan fingerprint density at radius 3 is 2.80 bits per heavy atom. The lowest BCUT2D eigenvalue weighted by atomic mass is 10.1. The molecule has 0 saturated carbocycles. The third kappa shape index (κ3) is 3.67. The van der Waals surface area contributed by atoms with Gasteiger partial charge >= 0.3 is 0 Å². The van der Waals surface area contributed by atoms with E-state index in [0.717, 1.165) is 25.3 Å².